The first kappa shape index (κ1) is 23.3. The molecule has 9 nitrogen and oxygen atoms in total. The van der Waals surface area contributed by atoms with E-state index in [9.17, 15) is 22.4 Å². The number of halogens is 1. The number of benzene rings is 2. The van der Waals surface area contributed by atoms with Crippen molar-refractivity contribution in [1.29, 1.82) is 0 Å². The number of aromatic nitrogens is 2. The maximum Gasteiger partial charge on any atom is 0.289 e. The number of rotatable bonds is 4. The van der Waals surface area contributed by atoms with Gasteiger partial charge in [-0.25, -0.2) is 22.8 Å². The number of fused-ring (bicyclic) bond motifs is 1. The zero-order valence-electron chi connectivity index (χ0n) is 18.6. The second kappa shape index (κ2) is 8.82. The maximum atomic E-state index is 14.3. The molecular weight excluding hydrogens is 463 g/mol. The Kier molecular flexibility index (Phi) is 6.05. The quantitative estimate of drug-likeness (QED) is 0.603. The Hall–Kier alpha value is -3.86. The lowest BCUT2D eigenvalue weighted by atomic mass is 10.1. The predicted octanol–water partition coefficient (Wildman–Crippen LogP) is 2.15. The number of ether oxygens (including phenoxy) is 1. The number of hydrogen-bond donors (Lipinski definition) is 1. The van der Waals surface area contributed by atoms with Gasteiger partial charge < -0.3 is 15.0 Å². The van der Waals surface area contributed by atoms with E-state index in [4.69, 9.17) is 4.74 Å². The van der Waals surface area contributed by atoms with E-state index in [0.717, 1.165) is 6.26 Å². The standard InChI is InChI=1S/C23H21FN4O5S/c1-13-11-25-21(27-20(13)15-6-4-5-7-16(15)24)22(29)26-17-12-33-19-9-8-14(34(3,31)32)10-18(19)28(2)23(17)30/h4-11,17H,12H2,1-3H3,(H,26,29)/t17-/m0/s1. The summed E-state index contributed by atoms with van der Waals surface area (Å²) in [5.74, 6) is -1.68. The molecule has 0 saturated carbocycles. The van der Waals surface area contributed by atoms with Crippen LogP contribution in [0.3, 0.4) is 0 Å². The lowest BCUT2D eigenvalue weighted by Crippen LogP contribution is -2.49. The van der Waals surface area contributed by atoms with Gasteiger partial charge in [0.05, 0.1) is 16.3 Å². The molecule has 1 atom stereocenters. The van der Waals surface area contributed by atoms with Crippen molar-refractivity contribution in [3.8, 4) is 17.0 Å². The highest BCUT2D eigenvalue weighted by atomic mass is 32.2. The molecule has 0 saturated heterocycles. The Labute approximate surface area is 195 Å². The molecule has 3 aromatic rings. The molecule has 11 heteroatoms. The van der Waals surface area contributed by atoms with Crippen LogP contribution in [0.4, 0.5) is 10.1 Å². The van der Waals surface area contributed by atoms with Crippen LogP contribution in [0.1, 0.15) is 16.2 Å². The van der Waals surface area contributed by atoms with Gasteiger partial charge in [-0.1, -0.05) is 12.1 Å². The summed E-state index contributed by atoms with van der Waals surface area (Å²) in [6, 6.07) is 9.15. The van der Waals surface area contributed by atoms with Crippen molar-refractivity contribution in [2.24, 2.45) is 0 Å². The van der Waals surface area contributed by atoms with E-state index in [1.165, 1.54) is 42.4 Å². The SMILES string of the molecule is Cc1cnc(C(=O)N[C@H]2COc3ccc(S(C)(=O)=O)cc3N(C)C2=O)nc1-c1ccccc1F. The first-order valence-electron chi connectivity index (χ1n) is 10.2. The molecule has 0 fully saturated rings. The molecule has 0 spiro atoms. The Bertz CT molecular complexity index is 1410. The normalized spacial score (nSPS) is 15.8. The van der Waals surface area contributed by atoms with Gasteiger partial charge in [0.1, 0.15) is 24.2 Å². The number of carbonyl (C=O) groups excluding carboxylic acids is 2. The number of sulfone groups is 1. The van der Waals surface area contributed by atoms with Gasteiger partial charge in [-0.15, -0.1) is 0 Å². The summed E-state index contributed by atoms with van der Waals surface area (Å²) < 4.78 is 43.7. The van der Waals surface area contributed by atoms with Gasteiger partial charge in [-0.05, 0) is 42.8 Å². The summed E-state index contributed by atoms with van der Waals surface area (Å²) in [6.07, 6.45) is 2.47. The summed E-state index contributed by atoms with van der Waals surface area (Å²) >= 11 is 0. The molecule has 1 aliphatic heterocycles. The number of nitrogens with one attached hydrogen (secondary N) is 1. The second-order valence-corrected chi connectivity index (χ2v) is 9.86. The van der Waals surface area contributed by atoms with E-state index < -0.39 is 33.5 Å². The number of carbonyl (C=O) groups is 2. The topological polar surface area (TPSA) is 119 Å². The van der Waals surface area contributed by atoms with Crippen LogP contribution in [0.15, 0.2) is 53.6 Å². The Balaban J connectivity index is 1.59. The molecular formula is C23H21FN4O5S. The van der Waals surface area contributed by atoms with Crippen LogP contribution in [-0.4, -0.2) is 56.2 Å². The van der Waals surface area contributed by atoms with Crippen molar-refractivity contribution in [3.63, 3.8) is 0 Å². The monoisotopic (exact) mass is 484 g/mol. The van der Waals surface area contributed by atoms with Crippen molar-refractivity contribution in [2.75, 3.05) is 24.8 Å². The summed E-state index contributed by atoms with van der Waals surface area (Å²) in [4.78, 5) is 35.4. The van der Waals surface area contributed by atoms with E-state index >= 15 is 0 Å². The summed E-state index contributed by atoms with van der Waals surface area (Å²) in [6.45, 7) is 1.51. The van der Waals surface area contributed by atoms with Crippen LogP contribution in [0.25, 0.3) is 11.3 Å². The minimum atomic E-state index is -3.50. The number of anilines is 1. The Morgan fingerprint density at radius 2 is 1.97 bits per heavy atom. The molecule has 2 heterocycles. The molecule has 34 heavy (non-hydrogen) atoms. The molecule has 2 amide bonds. The van der Waals surface area contributed by atoms with Crippen molar-refractivity contribution in [1.82, 2.24) is 15.3 Å². The Morgan fingerprint density at radius 1 is 1.24 bits per heavy atom. The molecule has 2 aromatic carbocycles. The predicted molar refractivity (Wildman–Crippen MR) is 122 cm³/mol. The van der Waals surface area contributed by atoms with E-state index in [-0.39, 0.29) is 34.3 Å². The summed E-state index contributed by atoms with van der Waals surface area (Å²) in [5, 5.41) is 2.56. The third-order valence-corrected chi connectivity index (χ3v) is 6.47. The van der Waals surface area contributed by atoms with E-state index in [1.54, 1.807) is 25.1 Å². The number of hydrogen-bond acceptors (Lipinski definition) is 7. The fourth-order valence-electron chi connectivity index (χ4n) is 3.51. The summed E-state index contributed by atoms with van der Waals surface area (Å²) in [5.41, 5.74) is 1.33. The Morgan fingerprint density at radius 3 is 2.68 bits per heavy atom. The van der Waals surface area contributed by atoms with Crippen molar-refractivity contribution >= 4 is 27.3 Å². The van der Waals surface area contributed by atoms with E-state index in [1.807, 2.05) is 0 Å². The molecule has 0 aliphatic carbocycles. The lowest BCUT2D eigenvalue weighted by molar-refractivity contribution is -0.120. The molecule has 1 aliphatic rings. The van der Waals surface area contributed by atoms with Crippen molar-refractivity contribution in [3.05, 3.63) is 65.9 Å². The summed E-state index contributed by atoms with van der Waals surface area (Å²) in [7, 11) is -2.04. The number of nitrogens with zero attached hydrogens (tertiary/aromatic N) is 3. The fraction of sp³-hybridized carbons (Fsp3) is 0.217. The molecule has 1 aromatic heterocycles. The van der Waals surface area contributed by atoms with Gasteiger partial charge >= 0.3 is 0 Å². The van der Waals surface area contributed by atoms with E-state index in [2.05, 4.69) is 15.3 Å². The van der Waals surface area contributed by atoms with Gasteiger partial charge in [0.25, 0.3) is 11.8 Å². The van der Waals surface area contributed by atoms with Crippen LogP contribution >= 0.6 is 0 Å². The van der Waals surface area contributed by atoms with Gasteiger partial charge in [0.2, 0.25) is 5.82 Å². The molecule has 0 unspecified atom stereocenters. The highest BCUT2D eigenvalue weighted by Gasteiger charge is 2.32. The first-order valence-corrected chi connectivity index (χ1v) is 12.1. The molecule has 0 bridgehead atoms. The van der Waals surface area contributed by atoms with Crippen molar-refractivity contribution in [2.45, 2.75) is 17.9 Å². The highest BCUT2D eigenvalue weighted by Crippen LogP contribution is 2.33. The van der Waals surface area contributed by atoms with Crippen molar-refractivity contribution < 1.29 is 27.1 Å². The van der Waals surface area contributed by atoms with Gasteiger partial charge in [-0.2, -0.15) is 0 Å². The zero-order chi connectivity index (χ0) is 24.6. The van der Waals surface area contributed by atoms with Crippen LogP contribution in [0, 0.1) is 12.7 Å². The van der Waals surface area contributed by atoms with Crippen LogP contribution in [0.2, 0.25) is 0 Å². The highest BCUT2D eigenvalue weighted by molar-refractivity contribution is 7.90. The average Bonchev–Trinajstić information content (AvgIpc) is 2.91. The molecule has 1 N–H and O–H groups in total. The van der Waals surface area contributed by atoms with Crippen LogP contribution in [-0.2, 0) is 14.6 Å². The fourth-order valence-corrected chi connectivity index (χ4v) is 4.15. The third-order valence-electron chi connectivity index (χ3n) is 5.36. The lowest BCUT2D eigenvalue weighted by Gasteiger charge is -2.20. The van der Waals surface area contributed by atoms with Crippen LogP contribution < -0.4 is 15.0 Å². The van der Waals surface area contributed by atoms with Gasteiger partial charge in [0.15, 0.2) is 9.84 Å². The first-order chi connectivity index (χ1) is 16.1. The number of aryl methyl sites for hydroxylation is 1. The van der Waals surface area contributed by atoms with Crippen LogP contribution in [0.5, 0.6) is 5.75 Å². The molecule has 0 radical (unpaired) electrons. The maximum absolute atomic E-state index is 14.3. The third kappa shape index (κ3) is 4.46. The minimum Gasteiger partial charge on any atom is -0.489 e. The number of likely N-dealkylation sites (N-methyl/N-ethyl adjacent to an activating group) is 1. The minimum absolute atomic E-state index is 0.0331. The largest absolute Gasteiger partial charge is 0.489 e. The van der Waals surface area contributed by atoms with E-state index in [0.29, 0.717) is 11.3 Å². The average molecular weight is 485 g/mol. The van der Waals surface area contributed by atoms with Gasteiger partial charge in [0, 0.05) is 25.1 Å². The smallest absolute Gasteiger partial charge is 0.289 e. The number of amides is 2. The molecule has 176 valence electrons. The van der Waals surface area contributed by atoms with Gasteiger partial charge in [-0.3, -0.25) is 9.59 Å². The molecule has 4 rings (SSSR count). The zero-order valence-corrected chi connectivity index (χ0v) is 19.4. The second-order valence-electron chi connectivity index (χ2n) is 7.84.